The molecule has 2 N–H and O–H groups in total. The van der Waals surface area contributed by atoms with Crippen LogP contribution in [-0.2, 0) is 13.1 Å². The Balaban J connectivity index is 1.84. The first kappa shape index (κ1) is 23.5. The Bertz CT molecular complexity index is 1100. The van der Waals surface area contributed by atoms with Crippen molar-refractivity contribution < 1.29 is 4.79 Å². The number of rotatable bonds is 9. The number of nitrogens with one attached hydrogen (secondary N) is 2. The molecule has 6 heteroatoms. The van der Waals surface area contributed by atoms with E-state index in [1.807, 2.05) is 56.3 Å². The summed E-state index contributed by atoms with van der Waals surface area (Å²) in [5, 5.41) is 4.03. The number of carbonyl (C=O) groups excluding carboxylic acids is 1. The Morgan fingerprint density at radius 2 is 1.66 bits per heavy atom. The molecule has 1 aromatic heterocycles. The zero-order chi connectivity index (χ0) is 23.1. The summed E-state index contributed by atoms with van der Waals surface area (Å²) in [7, 11) is 0. The van der Waals surface area contributed by atoms with Crippen LogP contribution in [-0.4, -0.2) is 47.0 Å². The zero-order valence-corrected chi connectivity index (χ0v) is 19.6. The Morgan fingerprint density at radius 3 is 2.34 bits per heavy atom. The lowest BCUT2D eigenvalue weighted by Gasteiger charge is -2.27. The quantitative estimate of drug-likeness (QED) is 0.530. The van der Waals surface area contributed by atoms with Gasteiger partial charge in [-0.2, -0.15) is 0 Å². The molecule has 3 aromatic rings. The number of hydrogen-bond donors (Lipinski definition) is 2. The number of urea groups is 1. The van der Waals surface area contributed by atoms with Gasteiger partial charge in [0.25, 0.3) is 5.56 Å². The van der Waals surface area contributed by atoms with E-state index in [0.717, 1.165) is 47.2 Å². The highest BCUT2D eigenvalue weighted by Crippen LogP contribution is 2.20. The third-order valence-corrected chi connectivity index (χ3v) is 6.04. The molecule has 0 spiro atoms. The maximum Gasteiger partial charge on any atom is 0.318 e. The smallest absolute Gasteiger partial charge is 0.318 e. The van der Waals surface area contributed by atoms with E-state index >= 15 is 0 Å². The van der Waals surface area contributed by atoms with Gasteiger partial charge in [0.05, 0.1) is 12.1 Å². The first-order valence-electron chi connectivity index (χ1n) is 11.3. The fourth-order valence-electron chi connectivity index (χ4n) is 3.88. The molecule has 2 aromatic carbocycles. The minimum Gasteiger partial charge on any atom is -0.334 e. The number of benzene rings is 2. The molecule has 0 aliphatic heterocycles. The first-order valence-corrected chi connectivity index (χ1v) is 11.3. The number of nitrogens with zero attached hydrogens (tertiary/aromatic N) is 2. The van der Waals surface area contributed by atoms with Crippen LogP contribution in [0.4, 0.5) is 4.79 Å². The van der Waals surface area contributed by atoms with Crippen LogP contribution in [0.5, 0.6) is 0 Å². The molecule has 0 saturated carbocycles. The highest BCUT2D eigenvalue weighted by Gasteiger charge is 2.17. The van der Waals surface area contributed by atoms with Crippen LogP contribution in [0.25, 0.3) is 10.9 Å². The number of H-pyrrole nitrogens is 1. The number of aromatic amines is 1. The Hall–Kier alpha value is -3.12. The maximum absolute atomic E-state index is 13.1. The van der Waals surface area contributed by atoms with Crippen LogP contribution < -0.4 is 10.9 Å². The van der Waals surface area contributed by atoms with Crippen molar-refractivity contribution in [1.29, 1.82) is 0 Å². The van der Waals surface area contributed by atoms with Crippen LogP contribution in [0, 0.1) is 13.8 Å². The van der Waals surface area contributed by atoms with Crippen LogP contribution >= 0.6 is 0 Å². The monoisotopic (exact) mass is 434 g/mol. The van der Waals surface area contributed by atoms with Gasteiger partial charge in [-0.05, 0) is 49.7 Å². The van der Waals surface area contributed by atoms with Crippen molar-refractivity contribution in [2.24, 2.45) is 0 Å². The molecule has 0 radical (unpaired) electrons. The van der Waals surface area contributed by atoms with Gasteiger partial charge in [-0.25, -0.2) is 4.79 Å². The highest BCUT2D eigenvalue weighted by atomic mass is 16.2. The van der Waals surface area contributed by atoms with Gasteiger partial charge < -0.3 is 20.1 Å². The molecule has 2 amide bonds. The van der Waals surface area contributed by atoms with E-state index in [4.69, 9.17) is 0 Å². The molecule has 1 heterocycles. The lowest BCUT2D eigenvalue weighted by atomic mass is 10.0. The molecule has 0 aliphatic carbocycles. The molecule has 0 fully saturated rings. The summed E-state index contributed by atoms with van der Waals surface area (Å²) in [5.74, 6) is 0. The third-order valence-electron chi connectivity index (χ3n) is 6.04. The third kappa shape index (κ3) is 5.77. The van der Waals surface area contributed by atoms with Crippen LogP contribution in [0.3, 0.4) is 0 Å². The second-order valence-corrected chi connectivity index (χ2v) is 8.20. The lowest BCUT2D eigenvalue weighted by molar-refractivity contribution is 0.181. The minimum absolute atomic E-state index is 0.144. The van der Waals surface area contributed by atoms with Gasteiger partial charge in [-0.3, -0.25) is 4.79 Å². The number of amides is 2. The molecular formula is C26H34N4O2. The Labute approximate surface area is 190 Å². The standard InChI is InChI=1S/C26H34N4O2/c1-5-29(6-2)14-15-30(26(32)27-17-21-10-8-7-9-11-21)18-22-16-23-19(3)12-13-20(4)24(23)28-25(22)31/h7-13,16H,5-6,14-15,17-18H2,1-4H3,(H,27,32)(H,28,31). The lowest BCUT2D eigenvalue weighted by Crippen LogP contribution is -2.44. The van der Waals surface area contributed by atoms with E-state index < -0.39 is 0 Å². The van der Waals surface area contributed by atoms with Crippen molar-refractivity contribution in [3.05, 3.63) is 81.1 Å². The second kappa shape index (κ2) is 11.0. The zero-order valence-electron chi connectivity index (χ0n) is 19.6. The summed E-state index contributed by atoms with van der Waals surface area (Å²) in [4.78, 5) is 33.0. The largest absolute Gasteiger partial charge is 0.334 e. The number of carbonyl (C=O) groups is 1. The van der Waals surface area contributed by atoms with Gasteiger partial charge in [0.2, 0.25) is 0 Å². The Kier molecular flexibility index (Phi) is 8.06. The highest BCUT2D eigenvalue weighted by molar-refractivity contribution is 5.85. The van der Waals surface area contributed by atoms with Gasteiger partial charge in [-0.1, -0.05) is 56.3 Å². The van der Waals surface area contributed by atoms with Crippen LogP contribution in [0.1, 0.15) is 36.1 Å². The summed E-state index contributed by atoms with van der Waals surface area (Å²) in [5.41, 5.74) is 4.50. The number of likely N-dealkylation sites (N-methyl/N-ethyl adjacent to an activating group) is 1. The Morgan fingerprint density at radius 1 is 0.969 bits per heavy atom. The van der Waals surface area contributed by atoms with E-state index in [0.29, 0.717) is 18.7 Å². The molecule has 0 saturated heterocycles. The average Bonchev–Trinajstić information content (AvgIpc) is 2.81. The van der Waals surface area contributed by atoms with E-state index in [2.05, 4.69) is 35.1 Å². The van der Waals surface area contributed by atoms with Gasteiger partial charge in [0.1, 0.15) is 0 Å². The summed E-state index contributed by atoms with van der Waals surface area (Å²) in [6.07, 6.45) is 0. The van der Waals surface area contributed by atoms with Gasteiger partial charge >= 0.3 is 6.03 Å². The van der Waals surface area contributed by atoms with Crippen molar-refractivity contribution in [3.8, 4) is 0 Å². The van der Waals surface area contributed by atoms with Crippen molar-refractivity contribution in [2.45, 2.75) is 40.8 Å². The van der Waals surface area contributed by atoms with E-state index in [-0.39, 0.29) is 18.1 Å². The number of aryl methyl sites for hydroxylation is 2. The van der Waals surface area contributed by atoms with Crippen molar-refractivity contribution in [1.82, 2.24) is 20.1 Å². The molecular weight excluding hydrogens is 400 g/mol. The van der Waals surface area contributed by atoms with Crippen LogP contribution in [0.2, 0.25) is 0 Å². The van der Waals surface area contributed by atoms with E-state index in [1.165, 1.54) is 0 Å². The second-order valence-electron chi connectivity index (χ2n) is 8.20. The van der Waals surface area contributed by atoms with Crippen molar-refractivity contribution >= 4 is 16.9 Å². The number of fused-ring (bicyclic) bond motifs is 1. The minimum atomic E-state index is -0.165. The molecule has 6 nitrogen and oxygen atoms in total. The molecule has 3 rings (SSSR count). The first-order chi connectivity index (χ1) is 15.4. The van der Waals surface area contributed by atoms with Crippen molar-refractivity contribution in [3.63, 3.8) is 0 Å². The number of pyridine rings is 1. The number of hydrogen-bond acceptors (Lipinski definition) is 3. The van der Waals surface area contributed by atoms with Gasteiger partial charge in [0.15, 0.2) is 0 Å². The summed E-state index contributed by atoms with van der Waals surface area (Å²) >= 11 is 0. The topological polar surface area (TPSA) is 68.4 Å². The van der Waals surface area contributed by atoms with Crippen LogP contribution in [0.15, 0.2) is 53.3 Å². The summed E-state index contributed by atoms with van der Waals surface area (Å²) in [6, 6.07) is 15.7. The van der Waals surface area contributed by atoms with Gasteiger partial charge in [0, 0.05) is 30.6 Å². The summed E-state index contributed by atoms with van der Waals surface area (Å²) in [6.45, 7) is 12.1. The fraction of sp³-hybridized carbons (Fsp3) is 0.385. The molecule has 170 valence electrons. The SMILES string of the molecule is CCN(CC)CCN(Cc1cc2c(C)ccc(C)c2[nH]c1=O)C(=O)NCc1ccccc1. The summed E-state index contributed by atoms with van der Waals surface area (Å²) < 4.78 is 0. The predicted molar refractivity (Wildman–Crippen MR) is 131 cm³/mol. The van der Waals surface area contributed by atoms with Crippen molar-refractivity contribution in [2.75, 3.05) is 26.2 Å². The normalized spacial score (nSPS) is 11.2. The fourth-order valence-corrected chi connectivity index (χ4v) is 3.88. The average molecular weight is 435 g/mol. The maximum atomic E-state index is 13.1. The number of aromatic nitrogens is 1. The van der Waals surface area contributed by atoms with Gasteiger partial charge in [-0.15, -0.1) is 0 Å². The predicted octanol–water partition coefficient (Wildman–Crippen LogP) is 4.20. The molecule has 0 bridgehead atoms. The molecule has 0 aliphatic rings. The molecule has 32 heavy (non-hydrogen) atoms. The molecule has 0 unspecified atom stereocenters. The van der Waals surface area contributed by atoms with E-state index in [9.17, 15) is 9.59 Å². The van der Waals surface area contributed by atoms with E-state index in [1.54, 1.807) is 4.90 Å². The molecule has 0 atom stereocenters.